The van der Waals surface area contributed by atoms with Gasteiger partial charge < -0.3 is 21.5 Å². The van der Waals surface area contributed by atoms with Crippen LogP contribution in [-0.4, -0.2) is 41.2 Å². The Balaban J connectivity index is 1.49. The van der Waals surface area contributed by atoms with Crippen LogP contribution in [0.15, 0.2) is 36.5 Å². The summed E-state index contributed by atoms with van der Waals surface area (Å²) in [5.41, 5.74) is 9.64. The van der Waals surface area contributed by atoms with Gasteiger partial charge in [-0.1, -0.05) is 24.3 Å². The topological polar surface area (TPSA) is 100 Å². The van der Waals surface area contributed by atoms with Crippen molar-refractivity contribution < 1.29 is 9.90 Å². The van der Waals surface area contributed by atoms with Crippen LogP contribution < -0.4 is 16.4 Å². The highest BCUT2D eigenvalue weighted by atomic mass is 16.3. The van der Waals surface area contributed by atoms with Crippen molar-refractivity contribution in [3.8, 4) is 11.1 Å². The molecule has 1 saturated heterocycles. The van der Waals surface area contributed by atoms with E-state index in [1.165, 1.54) is 12.0 Å². The molecule has 2 heterocycles. The number of nitrogens with one attached hydrogen (secondary N) is 2. The maximum Gasteiger partial charge on any atom is 0.255 e. The summed E-state index contributed by atoms with van der Waals surface area (Å²) in [6, 6.07) is 10.4. The summed E-state index contributed by atoms with van der Waals surface area (Å²) in [5, 5.41) is 16.1. The summed E-state index contributed by atoms with van der Waals surface area (Å²) < 4.78 is 0. The number of aromatic nitrogens is 1. The number of carbonyl (C=O) groups is 1. The lowest BCUT2D eigenvalue weighted by atomic mass is 9.93. The van der Waals surface area contributed by atoms with Crippen molar-refractivity contribution >= 4 is 11.7 Å². The van der Waals surface area contributed by atoms with Crippen LogP contribution in [0.1, 0.15) is 53.9 Å². The molecule has 1 aliphatic carbocycles. The zero-order chi connectivity index (χ0) is 19.5. The molecule has 6 nitrogen and oxygen atoms in total. The van der Waals surface area contributed by atoms with Gasteiger partial charge in [0.2, 0.25) is 0 Å². The van der Waals surface area contributed by atoms with Gasteiger partial charge in [0, 0.05) is 24.3 Å². The largest absolute Gasteiger partial charge is 0.393 e. The Morgan fingerprint density at radius 1 is 1.11 bits per heavy atom. The van der Waals surface area contributed by atoms with Gasteiger partial charge in [0.1, 0.15) is 5.82 Å². The zero-order valence-corrected chi connectivity index (χ0v) is 16.0. The molecule has 2 fully saturated rings. The van der Waals surface area contributed by atoms with Crippen molar-refractivity contribution in [3.05, 3.63) is 47.7 Å². The average molecular weight is 380 g/mol. The summed E-state index contributed by atoms with van der Waals surface area (Å²) in [7, 11) is 0. The first kappa shape index (κ1) is 18.9. The molecule has 1 saturated carbocycles. The van der Waals surface area contributed by atoms with Gasteiger partial charge in [-0.25, -0.2) is 4.98 Å². The molecule has 1 amide bonds. The first-order chi connectivity index (χ1) is 13.6. The number of nitrogen functional groups attached to an aromatic ring is 1. The van der Waals surface area contributed by atoms with Crippen LogP contribution in [-0.2, 0) is 0 Å². The molecule has 4 rings (SSSR count). The van der Waals surface area contributed by atoms with Crippen molar-refractivity contribution in [2.24, 2.45) is 0 Å². The third kappa shape index (κ3) is 4.18. The van der Waals surface area contributed by atoms with E-state index in [1.54, 1.807) is 6.20 Å². The van der Waals surface area contributed by atoms with Gasteiger partial charge in [0.25, 0.3) is 5.91 Å². The van der Waals surface area contributed by atoms with Crippen LogP contribution in [0.2, 0.25) is 0 Å². The van der Waals surface area contributed by atoms with Crippen LogP contribution in [0, 0.1) is 0 Å². The van der Waals surface area contributed by atoms with Crippen molar-refractivity contribution in [1.82, 2.24) is 15.6 Å². The van der Waals surface area contributed by atoms with E-state index in [-0.39, 0.29) is 23.9 Å². The summed E-state index contributed by atoms with van der Waals surface area (Å²) in [6.07, 6.45) is 5.67. The van der Waals surface area contributed by atoms with E-state index >= 15 is 0 Å². The van der Waals surface area contributed by atoms with Crippen molar-refractivity contribution in [2.45, 2.75) is 50.2 Å². The molecule has 6 heteroatoms. The smallest absolute Gasteiger partial charge is 0.255 e. The molecule has 1 aromatic carbocycles. The number of aliphatic hydroxyl groups is 1. The number of pyridine rings is 1. The van der Waals surface area contributed by atoms with Crippen LogP contribution in [0.25, 0.3) is 11.1 Å². The fourth-order valence-corrected chi connectivity index (χ4v) is 4.19. The minimum absolute atomic E-state index is 0.0817. The Morgan fingerprint density at radius 3 is 2.54 bits per heavy atom. The maximum absolute atomic E-state index is 12.7. The molecule has 148 valence electrons. The van der Waals surface area contributed by atoms with Crippen molar-refractivity contribution in [2.75, 3.05) is 18.8 Å². The van der Waals surface area contributed by atoms with E-state index in [0.29, 0.717) is 11.5 Å². The number of amides is 1. The number of nitrogens with two attached hydrogens (primary N) is 1. The van der Waals surface area contributed by atoms with E-state index in [1.807, 2.05) is 6.07 Å². The maximum atomic E-state index is 12.7. The van der Waals surface area contributed by atoms with E-state index in [0.717, 1.165) is 49.9 Å². The Morgan fingerprint density at radius 2 is 1.86 bits per heavy atom. The molecule has 1 atom stereocenters. The van der Waals surface area contributed by atoms with Crippen LogP contribution in [0.3, 0.4) is 0 Å². The lowest BCUT2D eigenvalue weighted by Crippen LogP contribution is -2.38. The summed E-state index contributed by atoms with van der Waals surface area (Å²) >= 11 is 0. The van der Waals surface area contributed by atoms with Crippen LogP contribution in [0.4, 0.5) is 5.82 Å². The number of aliphatic hydroxyl groups excluding tert-OH is 1. The summed E-state index contributed by atoms with van der Waals surface area (Å²) in [6.45, 7) is 2.11. The first-order valence-electron chi connectivity index (χ1n) is 10.2. The number of nitrogens with zero attached hydrogens (tertiary/aromatic N) is 1. The normalized spacial score (nSPS) is 24.8. The van der Waals surface area contributed by atoms with Gasteiger partial charge in [0.15, 0.2) is 0 Å². The van der Waals surface area contributed by atoms with E-state index < -0.39 is 0 Å². The number of carbonyl (C=O) groups excluding carboxylic acids is 1. The fourth-order valence-electron chi connectivity index (χ4n) is 4.19. The monoisotopic (exact) mass is 380 g/mol. The number of benzene rings is 1. The Kier molecular flexibility index (Phi) is 5.59. The summed E-state index contributed by atoms with van der Waals surface area (Å²) in [5.74, 6) is 0.626. The van der Waals surface area contributed by atoms with Crippen LogP contribution >= 0.6 is 0 Å². The van der Waals surface area contributed by atoms with Gasteiger partial charge in [-0.3, -0.25) is 4.79 Å². The highest BCUT2D eigenvalue weighted by Gasteiger charge is 2.23. The van der Waals surface area contributed by atoms with E-state index in [2.05, 4.69) is 39.9 Å². The Labute approximate surface area is 165 Å². The predicted octanol–water partition coefficient (Wildman–Crippen LogP) is 2.44. The Hall–Kier alpha value is -2.44. The molecule has 1 aromatic heterocycles. The van der Waals surface area contributed by atoms with Gasteiger partial charge in [-0.05, 0) is 61.8 Å². The second-order valence-electron chi connectivity index (χ2n) is 7.95. The van der Waals surface area contributed by atoms with Gasteiger partial charge >= 0.3 is 0 Å². The highest BCUT2D eigenvalue weighted by molar-refractivity contribution is 5.99. The third-order valence-corrected chi connectivity index (χ3v) is 5.97. The molecule has 5 N–H and O–H groups in total. The molecule has 0 spiro atoms. The van der Waals surface area contributed by atoms with Gasteiger partial charge in [-0.2, -0.15) is 0 Å². The average Bonchev–Trinajstić information content (AvgIpc) is 3.25. The molecule has 1 unspecified atom stereocenters. The highest BCUT2D eigenvalue weighted by Crippen LogP contribution is 2.27. The van der Waals surface area contributed by atoms with E-state index in [9.17, 15) is 9.90 Å². The van der Waals surface area contributed by atoms with Crippen molar-refractivity contribution in [1.29, 1.82) is 0 Å². The predicted molar refractivity (Wildman–Crippen MR) is 110 cm³/mol. The standard InChI is InChI=1S/C22H28N4O2/c23-21-20(22(28)26-18-5-7-19(27)8-6-18)11-17(13-25-21)15-3-1-14(2-4-15)16-9-10-24-12-16/h1-4,11,13,16,18-19,24,27H,5-10,12H2,(H2,23,25)(H,26,28). The Bertz CT molecular complexity index is 823. The number of anilines is 1. The van der Waals surface area contributed by atoms with Crippen LogP contribution in [0.5, 0.6) is 0 Å². The number of hydrogen-bond donors (Lipinski definition) is 4. The molecular formula is C22H28N4O2. The van der Waals surface area contributed by atoms with Gasteiger partial charge in [0.05, 0.1) is 11.7 Å². The lowest BCUT2D eigenvalue weighted by Gasteiger charge is -2.26. The summed E-state index contributed by atoms with van der Waals surface area (Å²) in [4.78, 5) is 17.0. The minimum Gasteiger partial charge on any atom is -0.393 e. The molecule has 28 heavy (non-hydrogen) atoms. The van der Waals surface area contributed by atoms with E-state index in [4.69, 9.17) is 5.73 Å². The molecule has 2 aromatic rings. The lowest BCUT2D eigenvalue weighted by molar-refractivity contribution is 0.0868. The fraction of sp³-hybridized carbons (Fsp3) is 0.455. The van der Waals surface area contributed by atoms with Gasteiger partial charge in [-0.15, -0.1) is 0 Å². The first-order valence-corrected chi connectivity index (χ1v) is 10.2. The second-order valence-corrected chi connectivity index (χ2v) is 7.95. The quantitative estimate of drug-likeness (QED) is 0.653. The zero-order valence-electron chi connectivity index (χ0n) is 16.0. The SMILES string of the molecule is Nc1ncc(-c2ccc(C3CCNC3)cc2)cc1C(=O)NC1CCC(O)CC1. The molecule has 1 aliphatic heterocycles. The number of rotatable bonds is 4. The molecular weight excluding hydrogens is 352 g/mol. The molecule has 0 bridgehead atoms. The minimum atomic E-state index is -0.244. The van der Waals surface area contributed by atoms with Crippen molar-refractivity contribution in [3.63, 3.8) is 0 Å². The second kappa shape index (κ2) is 8.29. The number of hydrogen-bond acceptors (Lipinski definition) is 5. The third-order valence-electron chi connectivity index (χ3n) is 5.97. The molecule has 2 aliphatic rings. The molecule has 0 radical (unpaired) electrons.